The predicted molar refractivity (Wildman–Crippen MR) is 116 cm³/mol. The summed E-state index contributed by atoms with van der Waals surface area (Å²) in [5, 5.41) is 4.37. The van der Waals surface area contributed by atoms with Gasteiger partial charge in [-0.3, -0.25) is 4.79 Å². The molecule has 5 nitrogen and oxygen atoms in total. The van der Waals surface area contributed by atoms with Crippen LogP contribution in [0.3, 0.4) is 0 Å². The molecule has 148 valence electrons. The maximum absolute atomic E-state index is 13.1. The molecule has 0 aliphatic carbocycles. The number of benzene rings is 3. The monoisotopic (exact) mass is 416 g/mol. The van der Waals surface area contributed by atoms with Crippen molar-refractivity contribution in [2.75, 3.05) is 6.79 Å². The second-order valence-corrected chi connectivity index (χ2v) is 7.33. The molecule has 1 amide bonds. The first kappa shape index (κ1) is 18.5. The number of hydrogen-bond acceptors (Lipinski definition) is 4. The molecule has 6 heteroatoms. The normalized spacial score (nSPS) is 12.2. The van der Waals surface area contributed by atoms with Crippen molar-refractivity contribution >= 4 is 28.4 Å². The van der Waals surface area contributed by atoms with Crippen LogP contribution in [-0.4, -0.2) is 17.7 Å². The maximum atomic E-state index is 13.1. The Morgan fingerprint density at radius 2 is 1.77 bits per heavy atom. The molecule has 4 aromatic rings. The molecule has 0 unspecified atom stereocenters. The Labute approximate surface area is 178 Å². The highest BCUT2D eigenvalue weighted by atomic mass is 35.5. The van der Waals surface area contributed by atoms with E-state index >= 15 is 0 Å². The maximum Gasteiger partial charge on any atom is 0.252 e. The standard InChI is InChI=1S/C24H17ClN2O3/c25-19-7-3-1-6-17(19)21-12-18(16-5-2-4-8-20(16)27-21)24(28)26-13-15-9-10-22-23(11-15)30-14-29-22/h1-12H,13-14H2,(H,26,28). The van der Waals surface area contributed by atoms with E-state index in [2.05, 4.69) is 5.32 Å². The number of pyridine rings is 1. The molecule has 1 N–H and O–H groups in total. The van der Waals surface area contributed by atoms with Gasteiger partial charge in [0.1, 0.15) is 0 Å². The lowest BCUT2D eigenvalue weighted by atomic mass is 10.0. The fourth-order valence-electron chi connectivity index (χ4n) is 3.50. The molecular weight excluding hydrogens is 400 g/mol. The lowest BCUT2D eigenvalue weighted by Crippen LogP contribution is -2.23. The average Bonchev–Trinajstić information content (AvgIpc) is 3.25. The number of para-hydroxylation sites is 1. The van der Waals surface area contributed by atoms with Crippen LogP contribution < -0.4 is 14.8 Å². The molecule has 1 aromatic heterocycles. The third kappa shape index (κ3) is 3.44. The van der Waals surface area contributed by atoms with E-state index in [0.29, 0.717) is 28.6 Å². The minimum absolute atomic E-state index is 0.181. The molecule has 0 radical (unpaired) electrons. The number of ether oxygens (including phenoxy) is 2. The van der Waals surface area contributed by atoms with Gasteiger partial charge in [-0.25, -0.2) is 4.98 Å². The topological polar surface area (TPSA) is 60.5 Å². The van der Waals surface area contributed by atoms with Crippen LogP contribution >= 0.6 is 11.6 Å². The van der Waals surface area contributed by atoms with Crippen molar-refractivity contribution in [1.29, 1.82) is 0 Å². The van der Waals surface area contributed by atoms with Crippen LogP contribution in [0.4, 0.5) is 0 Å². The molecule has 0 atom stereocenters. The van der Waals surface area contributed by atoms with Crippen LogP contribution in [0.15, 0.2) is 72.8 Å². The summed E-state index contributed by atoms with van der Waals surface area (Å²) in [5.41, 5.74) is 3.67. The molecule has 1 aliphatic rings. The number of fused-ring (bicyclic) bond motifs is 2. The second-order valence-electron chi connectivity index (χ2n) is 6.92. The molecule has 0 fully saturated rings. The molecule has 0 spiro atoms. The van der Waals surface area contributed by atoms with Crippen molar-refractivity contribution in [1.82, 2.24) is 10.3 Å². The Kier molecular flexibility index (Phi) is 4.73. The summed E-state index contributed by atoms with van der Waals surface area (Å²) < 4.78 is 10.7. The fourth-order valence-corrected chi connectivity index (χ4v) is 3.73. The van der Waals surface area contributed by atoms with Crippen molar-refractivity contribution in [3.63, 3.8) is 0 Å². The Morgan fingerprint density at radius 1 is 0.967 bits per heavy atom. The van der Waals surface area contributed by atoms with E-state index in [0.717, 1.165) is 27.8 Å². The second kappa shape index (κ2) is 7.69. The molecule has 2 heterocycles. The Balaban J connectivity index is 1.48. The summed E-state index contributed by atoms with van der Waals surface area (Å²) in [4.78, 5) is 17.8. The molecule has 0 saturated carbocycles. The smallest absolute Gasteiger partial charge is 0.252 e. The molecule has 5 rings (SSSR count). The van der Waals surface area contributed by atoms with E-state index in [-0.39, 0.29) is 12.7 Å². The van der Waals surface area contributed by atoms with Gasteiger partial charge in [0, 0.05) is 22.5 Å². The van der Waals surface area contributed by atoms with E-state index < -0.39 is 0 Å². The largest absolute Gasteiger partial charge is 0.454 e. The van der Waals surface area contributed by atoms with Gasteiger partial charge in [-0.1, -0.05) is 54.1 Å². The summed E-state index contributed by atoms with van der Waals surface area (Å²) in [6.45, 7) is 0.590. The highest BCUT2D eigenvalue weighted by molar-refractivity contribution is 6.33. The van der Waals surface area contributed by atoms with Gasteiger partial charge in [0.2, 0.25) is 6.79 Å². The third-order valence-electron chi connectivity index (χ3n) is 5.00. The molecule has 0 saturated heterocycles. The lowest BCUT2D eigenvalue weighted by Gasteiger charge is -2.12. The zero-order valence-corrected chi connectivity index (χ0v) is 16.6. The number of carbonyl (C=O) groups is 1. The molecule has 1 aliphatic heterocycles. The molecule has 0 bridgehead atoms. The van der Waals surface area contributed by atoms with Crippen LogP contribution in [0.25, 0.3) is 22.2 Å². The number of carbonyl (C=O) groups excluding carboxylic acids is 1. The summed E-state index contributed by atoms with van der Waals surface area (Å²) >= 11 is 6.37. The number of rotatable bonds is 4. The quantitative estimate of drug-likeness (QED) is 0.496. The van der Waals surface area contributed by atoms with Gasteiger partial charge in [0.25, 0.3) is 5.91 Å². The van der Waals surface area contributed by atoms with Crippen LogP contribution in [-0.2, 0) is 6.54 Å². The number of amides is 1. The van der Waals surface area contributed by atoms with Gasteiger partial charge < -0.3 is 14.8 Å². The Morgan fingerprint density at radius 3 is 2.67 bits per heavy atom. The minimum Gasteiger partial charge on any atom is -0.454 e. The van der Waals surface area contributed by atoms with E-state index in [9.17, 15) is 4.79 Å². The van der Waals surface area contributed by atoms with Crippen LogP contribution in [0.5, 0.6) is 11.5 Å². The Bertz CT molecular complexity index is 1270. The van der Waals surface area contributed by atoms with Gasteiger partial charge in [0.05, 0.1) is 16.8 Å². The number of hydrogen-bond donors (Lipinski definition) is 1. The van der Waals surface area contributed by atoms with Gasteiger partial charge in [-0.2, -0.15) is 0 Å². The average molecular weight is 417 g/mol. The molecule has 30 heavy (non-hydrogen) atoms. The van der Waals surface area contributed by atoms with Gasteiger partial charge in [-0.15, -0.1) is 0 Å². The number of halogens is 1. The van der Waals surface area contributed by atoms with Crippen molar-refractivity contribution in [3.8, 4) is 22.8 Å². The van der Waals surface area contributed by atoms with Gasteiger partial charge in [0.15, 0.2) is 11.5 Å². The minimum atomic E-state index is -0.181. The van der Waals surface area contributed by atoms with E-state index in [1.54, 1.807) is 6.07 Å². The van der Waals surface area contributed by atoms with Crippen molar-refractivity contribution in [2.24, 2.45) is 0 Å². The number of nitrogens with zero attached hydrogens (tertiary/aromatic N) is 1. The van der Waals surface area contributed by atoms with Gasteiger partial charge in [-0.05, 0) is 35.9 Å². The van der Waals surface area contributed by atoms with Crippen LogP contribution in [0, 0.1) is 0 Å². The van der Waals surface area contributed by atoms with Crippen molar-refractivity contribution < 1.29 is 14.3 Å². The predicted octanol–water partition coefficient (Wildman–Crippen LogP) is 5.21. The summed E-state index contributed by atoms with van der Waals surface area (Å²) in [6, 6.07) is 22.5. The van der Waals surface area contributed by atoms with Crippen LogP contribution in [0.1, 0.15) is 15.9 Å². The SMILES string of the molecule is O=C(NCc1ccc2c(c1)OCO2)c1cc(-c2ccccc2Cl)nc2ccccc12. The zero-order valence-electron chi connectivity index (χ0n) is 15.9. The number of nitrogens with one attached hydrogen (secondary N) is 1. The first-order valence-corrected chi connectivity index (χ1v) is 9.88. The van der Waals surface area contributed by atoms with Crippen LogP contribution in [0.2, 0.25) is 5.02 Å². The number of aromatic nitrogens is 1. The van der Waals surface area contributed by atoms with E-state index in [1.807, 2.05) is 66.7 Å². The van der Waals surface area contributed by atoms with Gasteiger partial charge >= 0.3 is 0 Å². The molecule has 3 aromatic carbocycles. The van der Waals surface area contributed by atoms with E-state index in [4.69, 9.17) is 26.1 Å². The summed E-state index contributed by atoms with van der Waals surface area (Å²) in [7, 11) is 0. The summed E-state index contributed by atoms with van der Waals surface area (Å²) in [5.74, 6) is 1.23. The van der Waals surface area contributed by atoms with E-state index in [1.165, 1.54) is 0 Å². The zero-order chi connectivity index (χ0) is 20.5. The first-order valence-electron chi connectivity index (χ1n) is 9.50. The van der Waals surface area contributed by atoms with Crippen molar-refractivity contribution in [2.45, 2.75) is 6.54 Å². The first-order chi connectivity index (χ1) is 14.7. The lowest BCUT2D eigenvalue weighted by molar-refractivity contribution is 0.0952. The summed E-state index contributed by atoms with van der Waals surface area (Å²) in [6.07, 6.45) is 0. The molecular formula is C24H17ClN2O3. The third-order valence-corrected chi connectivity index (χ3v) is 5.33. The highest BCUT2D eigenvalue weighted by Gasteiger charge is 2.16. The fraction of sp³-hybridized carbons (Fsp3) is 0.0833. The van der Waals surface area contributed by atoms with Crippen molar-refractivity contribution in [3.05, 3.63) is 88.9 Å². The Hall–Kier alpha value is -3.57. The highest BCUT2D eigenvalue weighted by Crippen LogP contribution is 2.33.